The minimum Gasteiger partial charge on any atom is -0.444 e. The standard InChI is InChI=1S/C9H14NO3/c1-8(2,3)13-7(12)10-9(6-11)4-5-9/h4-5H2,1-3H3,(H,10,12). The number of hydrogen-bond acceptors (Lipinski definition) is 3. The van der Waals surface area contributed by atoms with Gasteiger partial charge in [0.2, 0.25) is 6.29 Å². The maximum atomic E-state index is 11.2. The van der Waals surface area contributed by atoms with Crippen molar-refractivity contribution in [2.75, 3.05) is 0 Å². The molecule has 0 atom stereocenters. The summed E-state index contributed by atoms with van der Waals surface area (Å²) in [5.74, 6) is 0. The molecule has 1 saturated carbocycles. The summed E-state index contributed by atoms with van der Waals surface area (Å²) in [6.07, 6.45) is 2.58. The Balaban J connectivity index is 2.38. The molecule has 0 heterocycles. The van der Waals surface area contributed by atoms with Crippen molar-refractivity contribution in [3.05, 3.63) is 0 Å². The Bertz CT molecular complexity index is 226. The van der Waals surface area contributed by atoms with Gasteiger partial charge < -0.3 is 10.1 Å². The smallest absolute Gasteiger partial charge is 0.408 e. The molecule has 0 bridgehead atoms. The molecule has 4 nitrogen and oxygen atoms in total. The number of carbonyl (C=O) groups is 1. The third-order valence-electron chi connectivity index (χ3n) is 1.69. The van der Waals surface area contributed by atoms with Gasteiger partial charge in [0.05, 0.1) is 0 Å². The number of alkyl carbamates (subject to hydrolysis) is 1. The zero-order valence-corrected chi connectivity index (χ0v) is 8.14. The number of nitrogens with one attached hydrogen (secondary N) is 1. The highest BCUT2D eigenvalue weighted by Gasteiger charge is 2.46. The Morgan fingerprint density at radius 3 is 2.31 bits per heavy atom. The Labute approximate surface area is 77.6 Å². The Hall–Kier alpha value is -1.06. The highest BCUT2D eigenvalue weighted by Crippen LogP contribution is 2.33. The SMILES string of the molecule is CC(C)(C)OC(=O)NC1([C]=O)CC1. The maximum absolute atomic E-state index is 11.2. The minimum atomic E-state index is -0.748. The lowest BCUT2D eigenvalue weighted by Gasteiger charge is -2.20. The zero-order chi connectivity index (χ0) is 10.1. The van der Waals surface area contributed by atoms with E-state index in [1.807, 2.05) is 6.29 Å². The van der Waals surface area contributed by atoms with Gasteiger partial charge in [0.25, 0.3) is 0 Å². The van der Waals surface area contributed by atoms with Crippen LogP contribution in [-0.2, 0) is 9.53 Å². The summed E-state index contributed by atoms with van der Waals surface area (Å²) in [5, 5.41) is 2.49. The molecule has 13 heavy (non-hydrogen) atoms. The van der Waals surface area contributed by atoms with E-state index in [-0.39, 0.29) is 0 Å². The first kappa shape index (κ1) is 10.0. The lowest BCUT2D eigenvalue weighted by atomic mass is 10.2. The van der Waals surface area contributed by atoms with Crippen LogP contribution in [0, 0.1) is 0 Å². The van der Waals surface area contributed by atoms with Crippen molar-refractivity contribution in [2.24, 2.45) is 0 Å². The van der Waals surface area contributed by atoms with Crippen molar-refractivity contribution in [2.45, 2.75) is 44.8 Å². The van der Waals surface area contributed by atoms with Gasteiger partial charge in [0.15, 0.2) is 0 Å². The summed E-state index contributed by atoms with van der Waals surface area (Å²) in [6, 6.07) is 0. The fourth-order valence-corrected chi connectivity index (χ4v) is 0.877. The van der Waals surface area contributed by atoms with Crippen molar-refractivity contribution < 1.29 is 14.3 Å². The molecule has 73 valence electrons. The average molecular weight is 184 g/mol. The lowest BCUT2D eigenvalue weighted by molar-refractivity contribution is 0.0512. The number of hydrogen-bond donors (Lipinski definition) is 1. The summed E-state index contributed by atoms with van der Waals surface area (Å²) in [7, 11) is 0. The molecule has 1 rings (SSSR count). The molecule has 4 heteroatoms. The van der Waals surface area contributed by atoms with Crippen LogP contribution in [0.25, 0.3) is 0 Å². The van der Waals surface area contributed by atoms with Crippen LogP contribution >= 0.6 is 0 Å². The fraction of sp³-hybridized carbons (Fsp3) is 0.778. The highest BCUT2D eigenvalue weighted by molar-refractivity contribution is 5.79. The monoisotopic (exact) mass is 184 g/mol. The van der Waals surface area contributed by atoms with Gasteiger partial charge in [0, 0.05) is 0 Å². The highest BCUT2D eigenvalue weighted by atomic mass is 16.6. The molecular weight excluding hydrogens is 170 g/mol. The van der Waals surface area contributed by atoms with E-state index in [4.69, 9.17) is 4.74 Å². The minimum absolute atomic E-state index is 0.525. The van der Waals surface area contributed by atoms with Crippen LogP contribution in [0.2, 0.25) is 0 Å². The summed E-state index contributed by atoms with van der Waals surface area (Å²) < 4.78 is 4.99. The van der Waals surface area contributed by atoms with Gasteiger partial charge in [-0.3, -0.25) is 4.79 Å². The summed E-state index contributed by atoms with van der Waals surface area (Å²) in [4.78, 5) is 21.6. The quantitative estimate of drug-likeness (QED) is 0.700. The number of amides is 1. The third kappa shape index (κ3) is 3.05. The van der Waals surface area contributed by atoms with Crippen LogP contribution in [0.5, 0.6) is 0 Å². The van der Waals surface area contributed by atoms with Gasteiger partial charge in [-0.25, -0.2) is 4.79 Å². The lowest BCUT2D eigenvalue weighted by Crippen LogP contribution is -2.41. The average Bonchev–Trinajstić information content (AvgIpc) is 2.65. The first-order valence-corrected chi connectivity index (χ1v) is 4.27. The van der Waals surface area contributed by atoms with Crippen molar-refractivity contribution in [3.63, 3.8) is 0 Å². The number of rotatable bonds is 2. The second-order valence-corrected chi connectivity index (χ2v) is 4.31. The molecule has 0 aromatic carbocycles. The largest absolute Gasteiger partial charge is 0.444 e. The second-order valence-electron chi connectivity index (χ2n) is 4.31. The molecular formula is C9H14NO3. The van der Waals surface area contributed by atoms with E-state index >= 15 is 0 Å². The number of carbonyl (C=O) groups excluding carboxylic acids is 2. The molecule has 0 aromatic heterocycles. The van der Waals surface area contributed by atoms with Gasteiger partial charge in [-0.15, -0.1) is 0 Å². The van der Waals surface area contributed by atoms with E-state index in [0.29, 0.717) is 12.8 Å². The van der Waals surface area contributed by atoms with E-state index in [0.717, 1.165) is 0 Å². The molecule has 1 aliphatic rings. The van der Waals surface area contributed by atoms with E-state index in [9.17, 15) is 9.59 Å². The second kappa shape index (κ2) is 3.01. The Morgan fingerprint density at radius 1 is 1.46 bits per heavy atom. The third-order valence-corrected chi connectivity index (χ3v) is 1.69. The van der Waals surface area contributed by atoms with Gasteiger partial charge in [-0.2, -0.15) is 0 Å². The van der Waals surface area contributed by atoms with Crippen molar-refractivity contribution >= 4 is 12.4 Å². The topological polar surface area (TPSA) is 55.4 Å². The molecule has 1 aliphatic carbocycles. The van der Waals surface area contributed by atoms with Gasteiger partial charge >= 0.3 is 6.09 Å². The van der Waals surface area contributed by atoms with Crippen LogP contribution in [0.3, 0.4) is 0 Å². The van der Waals surface area contributed by atoms with Crippen molar-refractivity contribution in [1.82, 2.24) is 5.32 Å². The molecule has 1 radical (unpaired) electrons. The summed E-state index contributed by atoms with van der Waals surface area (Å²) in [5.41, 5.74) is -1.27. The molecule has 1 amide bonds. The molecule has 0 unspecified atom stereocenters. The van der Waals surface area contributed by atoms with Crippen LogP contribution in [0.15, 0.2) is 0 Å². The first-order chi connectivity index (χ1) is 5.87. The van der Waals surface area contributed by atoms with Crippen molar-refractivity contribution in [3.8, 4) is 0 Å². The van der Waals surface area contributed by atoms with Gasteiger partial charge in [-0.1, -0.05) is 0 Å². The normalized spacial score (nSPS) is 19.0. The van der Waals surface area contributed by atoms with Gasteiger partial charge in [0.1, 0.15) is 11.1 Å². The fourth-order valence-electron chi connectivity index (χ4n) is 0.877. The van der Waals surface area contributed by atoms with Crippen LogP contribution in [-0.4, -0.2) is 23.5 Å². The zero-order valence-electron chi connectivity index (χ0n) is 8.14. The molecule has 1 N–H and O–H groups in total. The van der Waals surface area contributed by atoms with Crippen LogP contribution < -0.4 is 5.32 Å². The van der Waals surface area contributed by atoms with E-state index in [1.165, 1.54) is 0 Å². The maximum Gasteiger partial charge on any atom is 0.408 e. The van der Waals surface area contributed by atoms with Crippen LogP contribution in [0.1, 0.15) is 33.6 Å². The number of ether oxygens (including phenoxy) is 1. The van der Waals surface area contributed by atoms with E-state index in [1.54, 1.807) is 20.8 Å². The molecule has 0 aromatic rings. The molecule has 0 saturated heterocycles. The van der Waals surface area contributed by atoms with Crippen LogP contribution in [0.4, 0.5) is 4.79 Å². The molecule has 0 aliphatic heterocycles. The predicted octanol–water partition coefficient (Wildman–Crippen LogP) is 1.15. The predicted molar refractivity (Wildman–Crippen MR) is 47.0 cm³/mol. The molecule has 1 fully saturated rings. The summed E-state index contributed by atoms with van der Waals surface area (Å²) in [6.45, 7) is 5.32. The molecule has 0 spiro atoms. The van der Waals surface area contributed by atoms with E-state index < -0.39 is 17.2 Å². The van der Waals surface area contributed by atoms with Gasteiger partial charge in [-0.05, 0) is 33.6 Å². The Morgan fingerprint density at radius 2 is 2.00 bits per heavy atom. The summed E-state index contributed by atoms with van der Waals surface area (Å²) >= 11 is 0. The Kier molecular flexibility index (Phi) is 2.32. The van der Waals surface area contributed by atoms with Crippen molar-refractivity contribution in [1.29, 1.82) is 0 Å². The van der Waals surface area contributed by atoms with E-state index in [2.05, 4.69) is 5.32 Å². The first-order valence-electron chi connectivity index (χ1n) is 4.27.